The monoisotopic (exact) mass is 363 g/mol. The Hall–Kier alpha value is -1.90. The van der Waals surface area contributed by atoms with Crippen molar-refractivity contribution < 1.29 is 5.11 Å². The topological polar surface area (TPSA) is 23.5 Å². The highest BCUT2D eigenvalue weighted by molar-refractivity contribution is 5.19. The Labute approximate surface area is 164 Å². The Balaban J connectivity index is 1.69. The van der Waals surface area contributed by atoms with Crippen LogP contribution in [0.3, 0.4) is 0 Å². The first-order chi connectivity index (χ1) is 13.1. The fraction of sp³-hybridized carbons (Fsp3) is 0.440. The summed E-state index contributed by atoms with van der Waals surface area (Å²) < 4.78 is 0. The van der Waals surface area contributed by atoms with Crippen molar-refractivity contribution in [2.24, 2.45) is 0 Å². The number of hydrogen-bond acceptors (Lipinski definition) is 2. The van der Waals surface area contributed by atoms with Crippen LogP contribution < -0.4 is 0 Å². The second-order valence-electron chi connectivity index (χ2n) is 8.27. The second-order valence-corrected chi connectivity index (χ2v) is 8.27. The Bertz CT molecular complexity index is 702. The molecule has 0 aliphatic heterocycles. The highest BCUT2D eigenvalue weighted by atomic mass is 16.3. The van der Waals surface area contributed by atoms with E-state index in [1.807, 2.05) is 12.1 Å². The number of likely N-dealkylation sites (N-methyl/N-ethyl adjacent to an activating group) is 1. The molecule has 2 aromatic carbocycles. The lowest BCUT2D eigenvalue weighted by molar-refractivity contribution is -0.0493. The van der Waals surface area contributed by atoms with E-state index in [0.717, 1.165) is 51.5 Å². The molecule has 0 amide bonds. The van der Waals surface area contributed by atoms with Crippen LogP contribution in [0, 0.1) is 0 Å². The molecule has 2 nitrogen and oxygen atoms in total. The van der Waals surface area contributed by atoms with Gasteiger partial charge in [-0.3, -0.25) is 4.90 Å². The Morgan fingerprint density at radius 2 is 1.48 bits per heavy atom. The van der Waals surface area contributed by atoms with Gasteiger partial charge in [-0.2, -0.15) is 0 Å². The SMILES string of the molecule is C=CCN(C)C1(CCc2ccccc2)CCC(O)(Cc2ccccc2)CC1. The lowest BCUT2D eigenvalue weighted by Gasteiger charge is -2.49. The van der Waals surface area contributed by atoms with Crippen molar-refractivity contribution in [1.29, 1.82) is 0 Å². The molecule has 2 heteroatoms. The maximum absolute atomic E-state index is 11.2. The lowest BCUT2D eigenvalue weighted by Crippen LogP contribution is -2.53. The van der Waals surface area contributed by atoms with Gasteiger partial charge in [-0.05, 0) is 56.7 Å². The molecular weight excluding hydrogens is 330 g/mol. The van der Waals surface area contributed by atoms with Crippen LogP contribution in [0.5, 0.6) is 0 Å². The first-order valence-corrected chi connectivity index (χ1v) is 10.2. The number of nitrogens with zero attached hydrogens (tertiary/aromatic N) is 1. The van der Waals surface area contributed by atoms with E-state index in [-0.39, 0.29) is 5.54 Å². The van der Waals surface area contributed by atoms with E-state index >= 15 is 0 Å². The van der Waals surface area contributed by atoms with Gasteiger partial charge in [-0.15, -0.1) is 6.58 Å². The molecule has 0 radical (unpaired) electrons. The van der Waals surface area contributed by atoms with E-state index in [1.54, 1.807) is 0 Å². The number of hydrogen-bond donors (Lipinski definition) is 1. The Morgan fingerprint density at radius 1 is 0.926 bits per heavy atom. The zero-order valence-electron chi connectivity index (χ0n) is 16.6. The van der Waals surface area contributed by atoms with Crippen molar-refractivity contribution in [3.63, 3.8) is 0 Å². The minimum Gasteiger partial charge on any atom is -0.390 e. The van der Waals surface area contributed by atoms with Gasteiger partial charge in [0.2, 0.25) is 0 Å². The maximum atomic E-state index is 11.2. The summed E-state index contributed by atoms with van der Waals surface area (Å²) in [5, 5.41) is 11.2. The summed E-state index contributed by atoms with van der Waals surface area (Å²) in [6, 6.07) is 21.2. The van der Waals surface area contributed by atoms with Crippen molar-refractivity contribution in [3.8, 4) is 0 Å². The molecule has 3 rings (SSSR count). The molecule has 1 N–H and O–H groups in total. The van der Waals surface area contributed by atoms with Gasteiger partial charge < -0.3 is 5.11 Å². The van der Waals surface area contributed by atoms with Gasteiger partial charge in [0.25, 0.3) is 0 Å². The highest BCUT2D eigenvalue weighted by Gasteiger charge is 2.43. The van der Waals surface area contributed by atoms with Gasteiger partial charge in [0.15, 0.2) is 0 Å². The smallest absolute Gasteiger partial charge is 0.0689 e. The summed E-state index contributed by atoms with van der Waals surface area (Å²) in [4.78, 5) is 2.46. The number of benzene rings is 2. The van der Waals surface area contributed by atoms with Crippen LogP contribution >= 0.6 is 0 Å². The molecular formula is C25H33NO. The molecule has 1 aliphatic rings. The predicted octanol–water partition coefficient (Wildman–Crippen LogP) is 5.02. The third kappa shape index (κ3) is 5.09. The van der Waals surface area contributed by atoms with E-state index in [2.05, 4.69) is 73.1 Å². The van der Waals surface area contributed by atoms with Crippen molar-refractivity contribution in [3.05, 3.63) is 84.4 Å². The molecule has 0 spiro atoms. The van der Waals surface area contributed by atoms with Gasteiger partial charge in [0.05, 0.1) is 5.60 Å². The normalized spacial score (nSPS) is 25.4. The fourth-order valence-electron chi connectivity index (χ4n) is 4.56. The summed E-state index contributed by atoms with van der Waals surface area (Å²) in [7, 11) is 2.22. The molecule has 0 bridgehead atoms. The Kier molecular flexibility index (Phi) is 6.51. The molecule has 0 saturated heterocycles. The molecule has 0 aromatic heterocycles. The highest BCUT2D eigenvalue weighted by Crippen LogP contribution is 2.42. The van der Waals surface area contributed by atoms with Crippen LogP contribution in [0.25, 0.3) is 0 Å². The van der Waals surface area contributed by atoms with E-state index in [4.69, 9.17) is 0 Å². The molecule has 0 unspecified atom stereocenters. The summed E-state index contributed by atoms with van der Waals surface area (Å²) in [5.41, 5.74) is 2.20. The molecule has 1 fully saturated rings. The minimum atomic E-state index is -0.577. The average molecular weight is 364 g/mol. The number of aryl methyl sites for hydroxylation is 1. The Morgan fingerprint density at radius 3 is 2.04 bits per heavy atom. The molecule has 144 valence electrons. The van der Waals surface area contributed by atoms with E-state index in [0.29, 0.717) is 0 Å². The van der Waals surface area contributed by atoms with E-state index in [1.165, 1.54) is 11.1 Å². The van der Waals surface area contributed by atoms with Gasteiger partial charge in [0, 0.05) is 18.5 Å². The number of aliphatic hydroxyl groups is 1. The zero-order chi connectivity index (χ0) is 19.2. The molecule has 27 heavy (non-hydrogen) atoms. The van der Waals surface area contributed by atoms with Crippen LogP contribution in [0.2, 0.25) is 0 Å². The van der Waals surface area contributed by atoms with Crippen LogP contribution in [0.1, 0.15) is 43.2 Å². The molecule has 0 heterocycles. The standard InChI is InChI=1S/C25H33NO/c1-3-20-26(2)24(15-14-22-10-6-4-7-11-22)16-18-25(27,19-17-24)21-23-12-8-5-9-13-23/h3-13,27H,1,14-21H2,2H3. The fourth-order valence-corrected chi connectivity index (χ4v) is 4.56. The third-order valence-corrected chi connectivity index (χ3v) is 6.42. The minimum absolute atomic E-state index is 0.146. The largest absolute Gasteiger partial charge is 0.390 e. The van der Waals surface area contributed by atoms with Crippen LogP contribution in [0.15, 0.2) is 73.3 Å². The number of rotatable bonds is 8. The van der Waals surface area contributed by atoms with Gasteiger partial charge in [-0.25, -0.2) is 0 Å². The zero-order valence-corrected chi connectivity index (χ0v) is 16.6. The third-order valence-electron chi connectivity index (χ3n) is 6.42. The molecule has 1 saturated carbocycles. The lowest BCUT2D eigenvalue weighted by atomic mass is 9.69. The first kappa shape index (κ1) is 19.9. The van der Waals surface area contributed by atoms with Crippen LogP contribution in [-0.2, 0) is 12.8 Å². The van der Waals surface area contributed by atoms with Gasteiger partial charge in [0.1, 0.15) is 0 Å². The van der Waals surface area contributed by atoms with Crippen molar-refractivity contribution in [2.45, 2.75) is 56.1 Å². The van der Waals surface area contributed by atoms with Crippen molar-refractivity contribution in [2.75, 3.05) is 13.6 Å². The quantitative estimate of drug-likeness (QED) is 0.665. The van der Waals surface area contributed by atoms with Crippen LogP contribution in [0.4, 0.5) is 0 Å². The van der Waals surface area contributed by atoms with Gasteiger partial charge in [-0.1, -0.05) is 66.7 Å². The molecule has 1 aliphatic carbocycles. The summed E-state index contributed by atoms with van der Waals surface area (Å²) in [6.07, 6.45) is 8.75. The summed E-state index contributed by atoms with van der Waals surface area (Å²) in [5.74, 6) is 0. The summed E-state index contributed by atoms with van der Waals surface area (Å²) >= 11 is 0. The van der Waals surface area contributed by atoms with Crippen molar-refractivity contribution >= 4 is 0 Å². The average Bonchev–Trinajstić information content (AvgIpc) is 2.69. The first-order valence-electron chi connectivity index (χ1n) is 10.2. The predicted molar refractivity (Wildman–Crippen MR) is 114 cm³/mol. The second kappa shape index (κ2) is 8.86. The van der Waals surface area contributed by atoms with Gasteiger partial charge >= 0.3 is 0 Å². The van der Waals surface area contributed by atoms with Crippen molar-refractivity contribution in [1.82, 2.24) is 4.90 Å². The van der Waals surface area contributed by atoms with E-state index < -0.39 is 5.60 Å². The summed E-state index contributed by atoms with van der Waals surface area (Å²) in [6.45, 7) is 4.83. The molecule has 0 atom stereocenters. The molecule has 2 aromatic rings. The van der Waals surface area contributed by atoms with E-state index in [9.17, 15) is 5.11 Å². The van der Waals surface area contributed by atoms with Crippen LogP contribution in [-0.4, -0.2) is 34.7 Å². The maximum Gasteiger partial charge on any atom is 0.0689 e.